The Hall–Kier alpha value is -1.29. The molecular formula is C15H16Cl2N2O. The Bertz CT molecular complexity index is 558. The average molecular weight is 311 g/mol. The van der Waals surface area contributed by atoms with Gasteiger partial charge in [-0.2, -0.15) is 0 Å². The van der Waals surface area contributed by atoms with Gasteiger partial charge in [-0.25, -0.2) is 4.98 Å². The number of hydrogen-bond donors (Lipinski definition) is 1. The molecule has 0 amide bonds. The van der Waals surface area contributed by atoms with Crippen molar-refractivity contribution in [2.24, 2.45) is 0 Å². The van der Waals surface area contributed by atoms with E-state index in [1.165, 1.54) is 0 Å². The Kier molecular flexibility index (Phi) is 5.65. The normalized spacial score (nSPS) is 10.6. The number of benzene rings is 1. The van der Waals surface area contributed by atoms with Crippen LogP contribution < -0.4 is 10.1 Å². The third kappa shape index (κ3) is 4.37. The first-order chi connectivity index (χ1) is 9.69. The zero-order chi connectivity index (χ0) is 14.4. The lowest BCUT2D eigenvalue weighted by atomic mass is 10.3. The van der Waals surface area contributed by atoms with Gasteiger partial charge in [0.25, 0.3) is 0 Å². The van der Waals surface area contributed by atoms with E-state index in [1.54, 1.807) is 24.4 Å². The predicted molar refractivity (Wildman–Crippen MR) is 82.8 cm³/mol. The van der Waals surface area contributed by atoms with Gasteiger partial charge in [0.1, 0.15) is 5.75 Å². The summed E-state index contributed by atoms with van der Waals surface area (Å²) in [7, 11) is 0. The summed E-state index contributed by atoms with van der Waals surface area (Å²) in [4.78, 5) is 4.26. The lowest BCUT2D eigenvalue weighted by Crippen LogP contribution is -2.13. The molecule has 3 nitrogen and oxygen atoms in total. The molecule has 2 rings (SSSR count). The Morgan fingerprint density at radius 2 is 2.05 bits per heavy atom. The molecule has 0 bridgehead atoms. The summed E-state index contributed by atoms with van der Waals surface area (Å²) in [5.74, 6) is 1.05. The molecule has 1 N–H and O–H groups in total. The van der Waals surface area contributed by atoms with Gasteiger partial charge < -0.3 is 10.1 Å². The molecule has 0 atom stereocenters. The highest BCUT2D eigenvalue weighted by Crippen LogP contribution is 2.30. The minimum atomic E-state index is 0.466. The molecule has 20 heavy (non-hydrogen) atoms. The lowest BCUT2D eigenvalue weighted by Gasteiger charge is -2.08. The van der Waals surface area contributed by atoms with Gasteiger partial charge >= 0.3 is 0 Å². The number of nitrogens with one attached hydrogen (secondary N) is 1. The number of aromatic nitrogens is 1. The molecule has 0 spiro atoms. The first-order valence-corrected chi connectivity index (χ1v) is 7.23. The van der Waals surface area contributed by atoms with Gasteiger partial charge in [-0.15, -0.1) is 0 Å². The van der Waals surface area contributed by atoms with Crippen LogP contribution in [-0.4, -0.2) is 11.5 Å². The van der Waals surface area contributed by atoms with Gasteiger partial charge in [0.2, 0.25) is 5.88 Å². The Balaban J connectivity index is 1.99. The van der Waals surface area contributed by atoms with Crippen molar-refractivity contribution in [3.05, 3.63) is 52.1 Å². The van der Waals surface area contributed by atoms with E-state index in [1.807, 2.05) is 12.1 Å². The molecule has 2 aromatic rings. The van der Waals surface area contributed by atoms with Crippen LogP contribution in [0.25, 0.3) is 0 Å². The fourth-order valence-electron chi connectivity index (χ4n) is 1.66. The number of rotatable bonds is 6. The van der Waals surface area contributed by atoms with Crippen molar-refractivity contribution in [1.82, 2.24) is 10.3 Å². The molecule has 0 saturated carbocycles. The van der Waals surface area contributed by atoms with Crippen molar-refractivity contribution in [3.8, 4) is 11.6 Å². The first kappa shape index (κ1) is 15.1. The van der Waals surface area contributed by atoms with Crippen LogP contribution >= 0.6 is 23.2 Å². The third-order valence-corrected chi connectivity index (χ3v) is 3.19. The smallest absolute Gasteiger partial charge is 0.219 e. The van der Waals surface area contributed by atoms with Crippen LogP contribution in [0.1, 0.15) is 18.9 Å². The molecule has 5 heteroatoms. The molecule has 0 radical (unpaired) electrons. The fraction of sp³-hybridized carbons (Fsp3) is 0.267. The molecule has 1 aromatic carbocycles. The molecule has 0 aliphatic rings. The molecule has 1 heterocycles. The van der Waals surface area contributed by atoms with Crippen molar-refractivity contribution < 1.29 is 4.74 Å². The van der Waals surface area contributed by atoms with E-state index in [-0.39, 0.29) is 0 Å². The van der Waals surface area contributed by atoms with Crippen LogP contribution in [0.3, 0.4) is 0 Å². The highest BCUT2D eigenvalue weighted by molar-refractivity contribution is 6.35. The van der Waals surface area contributed by atoms with Gasteiger partial charge in [0.15, 0.2) is 0 Å². The van der Waals surface area contributed by atoms with Crippen molar-refractivity contribution in [2.45, 2.75) is 19.9 Å². The van der Waals surface area contributed by atoms with E-state index < -0.39 is 0 Å². The SMILES string of the molecule is CCCNCc1ccc(Oc2ccc(Cl)cc2Cl)nc1. The van der Waals surface area contributed by atoms with Crippen molar-refractivity contribution in [1.29, 1.82) is 0 Å². The van der Waals surface area contributed by atoms with E-state index in [9.17, 15) is 0 Å². The van der Waals surface area contributed by atoms with Crippen LogP contribution in [0.5, 0.6) is 11.6 Å². The van der Waals surface area contributed by atoms with Crippen LogP contribution in [0.15, 0.2) is 36.5 Å². The topological polar surface area (TPSA) is 34.1 Å². The van der Waals surface area contributed by atoms with Gasteiger partial charge in [-0.3, -0.25) is 0 Å². The Morgan fingerprint density at radius 1 is 1.20 bits per heavy atom. The molecule has 0 fully saturated rings. The summed E-state index contributed by atoms with van der Waals surface area (Å²) in [6, 6.07) is 8.90. The first-order valence-electron chi connectivity index (χ1n) is 6.47. The summed E-state index contributed by atoms with van der Waals surface area (Å²) in [6.07, 6.45) is 2.91. The minimum Gasteiger partial charge on any atom is -0.437 e. The number of hydrogen-bond acceptors (Lipinski definition) is 3. The van der Waals surface area contributed by atoms with Gasteiger partial charge in [-0.1, -0.05) is 36.2 Å². The second-order valence-corrected chi connectivity index (χ2v) is 5.20. The van der Waals surface area contributed by atoms with Crippen LogP contribution in [-0.2, 0) is 6.54 Å². The summed E-state index contributed by atoms with van der Waals surface area (Å²) >= 11 is 11.9. The molecule has 0 aliphatic heterocycles. The number of ether oxygens (including phenoxy) is 1. The molecule has 106 valence electrons. The molecule has 1 aromatic heterocycles. The summed E-state index contributed by atoms with van der Waals surface area (Å²) in [6.45, 7) is 3.94. The second-order valence-electron chi connectivity index (χ2n) is 4.36. The van der Waals surface area contributed by atoms with Crippen LogP contribution in [0, 0.1) is 0 Å². The predicted octanol–water partition coefficient (Wildman–Crippen LogP) is 4.68. The van der Waals surface area contributed by atoms with Gasteiger partial charge in [0.05, 0.1) is 5.02 Å². The molecule has 0 unspecified atom stereocenters. The maximum Gasteiger partial charge on any atom is 0.219 e. The maximum atomic E-state index is 6.05. The highest BCUT2D eigenvalue weighted by Gasteiger charge is 2.05. The Labute approximate surface area is 128 Å². The van der Waals surface area contributed by atoms with Crippen molar-refractivity contribution >= 4 is 23.2 Å². The van der Waals surface area contributed by atoms with Crippen molar-refractivity contribution in [2.75, 3.05) is 6.54 Å². The maximum absolute atomic E-state index is 6.05. The number of pyridine rings is 1. The lowest BCUT2D eigenvalue weighted by molar-refractivity contribution is 0.462. The van der Waals surface area contributed by atoms with E-state index in [2.05, 4.69) is 17.2 Å². The molecular weight excluding hydrogens is 295 g/mol. The van der Waals surface area contributed by atoms with E-state index in [0.29, 0.717) is 21.7 Å². The summed E-state index contributed by atoms with van der Waals surface area (Å²) in [5.41, 5.74) is 1.12. The quantitative estimate of drug-likeness (QED) is 0.787. The van der Waals surface area contributed by atoms with Crippen molar-refractivity contribution in [3.63, 3.8) is 0 Å². The van der Waals surface area contributed by atoms with Gasteiger partial charge in [0, 0.05) is 23.8 Å². The largest absolute Gasteiger partial charge is 0.437 e. The fourth-order valence-corrected chi connectivity index (χ4v) is 2.10. The van der Waals surface area contributed by atoms with Gasteiger partial charge in [-0.05, 0) is 36.7 Å². The van der Waals surface area contributed by atoms with Crippen LogP contribution in [0.2, 0.25) is 10.0 Å². The van der Waals surface area contributed by atoms with E-state index >= 15 is 0 Å². The zero-order valence-corrected chi connectivity index (χ0v) is 12.7. The summed E-state index contributed by atoms with van der Waals surface area (Å²) in [5, 5.41) is 4.36. The second kappa shape index (κ2) is 7.48. The monoisotopic (exact) mass is 310 g/mol. The summed E-state index contributed by atoms with van der Waals surface area (Å²) < 4.78 is 5.62. The van der Waals surface area contributed by atoms with E-state index in [0.717, 1.165) is 25.1 Å². The standard InChI is InChI=1S/C15H16Cl2N2O/c1-2-7-18-9-11-3-6-15(19-10-11)20-14-5-4-12(16)8-13(14)17/h3-6,8,10,18H,2,7,9H2,1H3. The molecule has 0 aliphatic carbocycles. The average Bonchev–Trinajstić information content (AvgIpc) is 2.44. The van der Waals surface area contributed by atoms with E-state index in [4.69, 9.17) is 27.9 Å². The number of nitrogens with zero attached hydrogens (tertiary/aromatic N) is 1. The zero-order valence-electron chi connectivity index (χ0n) is 11.2. The molecule has 0 saturated heterocycles. The third-order valence-electron chi connectivity index (χ3n) is 2.66. The minimum absolute atomic E-state index is 0.466. The number of halogens is 2. The Morgan fingerprint density at radius 3 is 2.70 bits per heavy atom. The highest BCUT2D eigenvalue weighted by atomic mass is 35.5. The van der Waals surface area contributed by atoms with Crippen LogP contribution in [0.4, 0.5) is 0 Å².